The number of nitrogens with one attached hydrogen (secondary N) is 8. The highest BCUT2D eigenvalue weighted by Crippen LogP contribution is 2.24. The molecule has 0 saturated carbocycles. The molecule has 2 fully saturated rings. The maximum absolute atomic E-state index is 14.9. The molecule has 0 radical (unpaired) electrons. The average molecular weight is 1300 g/mol. The Morgan fingerprint density at radius 3 is 1.20 bits per heavy atom. The van der Waals surface area contributed by atoms with Gasteiger partial charge in [-0.25, -0.2) is 9.59 Å². The number of amides is 10. The number of aliphatic hydroxyl groups excluding tert-OH is 2. The van der Waals surface area contributed by atoms with E-state index in [2.05, 4.69) is 42.5 Å². The molecule has 3 aromatic carbocycles. The zero-order chi connectivity index (χ0) is 68.7. The number of ether oxygens (including phenoxy) is 2. The van der Waals surface area contributed by atoms with Gasteiger partial charge in [-0.2, -0.15) is 0 Å². The Hall–Kier alpha value is -8.45. The van der Waals surface area contributed by atoms with Gasteiger partial charge < -0.3 is 72.0 Å². The first-order valence-corrected chi connectivity index (χ1v) is 32.2. The van der Waals surface area contributed by atoms with Crippen LogP contribution in [0.15, 0.2) is 91.0 Å². The minimum Gasteiger partial charge on any atom is -0.459 e. The van der Waals surface area contributed by atoms with E-state index in [0.29, 0.717) is 30.4 Å². The van der Waals surface area contributed by atoms with Crippen molar-refractivity contribution in [2.45, 2.75) is 200 Å². The molecular formula is C68H98N10O15. The number of esters is 1. The Bertz CT molecular complexity index is 3000. The molecule has 10 atom stereocenters. The summed E-state index contributed by atoms with van der Waals surface area (Å²) in [6.07, 6.45) is 0.663. The van der Waals surface area contributed by atoms with Gasteiger partial charge in [0.05, 0.1) is 13.2 Å². The smallest absolute Gasteiger partial charge is 0.408 e. The van der Waals surface area contributed by atoms with Gasteiger partial charge in [-0.1, -0.05) is 146 Å². The lowest BCUT2D eigenvalue weighted by atomic mass is 9.99. The van der Waals surface area contributed by atoms with Gasteiger partial charge in [0.15, 0.2) is 0 Å². The van der Waals surface area contributed by atoms with E-state index in [9.17, 15) is 63.0 Å². The molecule has 0 aliphatic carbocycles. The molecule has 5 rings (SSSR count). The number of rotatable bonds is 32. The topological polar surface area (TPSA) is 349 Å². The van der Waals surface area contributed by atoms with Crippen LogP contribution in [0.4, 0.5) is 4.79 Å². The summed E-state index contributed by atoms with van der Waals surface area (Å²) in [5.41, 5.74) is 1.27. The molecular weight excluding hydrogens is 1200 g/mol. The zero-order valence-electron chi connectivity index (χ0n) is 55.5. The number of alkyl carbamates (subject to hydrolysis) is 1. The normalized spacial score (nSPS) is 17.4. The van der Waals surface area contributed by atoms with Gasteiger partial charge in [0.2, 0.25) is 53.2 Å². The lowest BCUT2D eigenvalue weighted by Crippen LogP contribution is -2.62. The van der Waals surface area contributed by atoms with Crippen molar-refractivity contribution in [1.29, 1.82) is 0 Å². The fraction of sp³-hybridized carbons (Fsp3) is 0.574. The van der Waals surface area contributed by atoms with E-state index < -0.39 is 156 Å². The highest BCUT2D eigenvalue weighted by molar-refractivity contribution is 5.99. The number of hydrogen-bond donors (Lipinski definition) is 10. The predicted molar refractivity (Wildman–Crippen MR) is 345 cm³/mol. The van der Waals surface area contributed by atoms with Crippen LogP contribution in [0, 0.1) is 23.7 Å². The third-order valence-corrected chi connectivity index (χ3v) is 15.8. The van der Waals surface area contributed by atoms with Crippen LogP contribution in [0.5, 0.6) is 0 Å². The third kappa shape index (κ3) is 23.6. The van der Waals surface area contributed by atoms with E-state index in [1.807, 2.05) is 50.2 Å². The van der Waals surface area contributed by atoms with Crippen LogP contribution >= 0.6 is 0 Å². The van der Waals surface area contributed by atoms with E-state index in [1.54, 1.807) is 117 Å². The maximum Gasteiger partial charge on any atom is 0.408 e. The minimum absolute atomic E-state index is 0.0127. The van der Waals surface area contributed by atoms with Crippen molar-refractivity contribution in [3.63, 3.8) is 0 Å². The minimum atomic E-state index is -1.64. The Balaban J connectivity index is 1.28. The number of likely N-dealkylation sites (tertiary alicyclic amines) is 2. The first kappa shape index (κ1) is 75.3. The second kappa shape index (κ2) is 36.1. The van der Waals surface area contributed by atoms with Gasteiger partial charge in [0.25, 0.3) is 0 Å². The third-order valence-electron chi connectivity index (χ3n) is 15.8. The molecule has 0 bridgehead atoms. The molecule has 93 heavy (non-hydrogen) atoms. The second-order valence-corrected chi connectivity index (χ2v) is 26.4. The van der Waals surface area contributed by atoms with Crippen molar-refractivity contribution in [1.82, 2.24) is 52.3 Å². The molecule has 2 aliphatic rings. The number of aliphatic hydroxyl groups is 2. The van der Waals surface area contributed by atoms with Gasteiger partial charge in [0, 0.05) is 25.9 Å². The Morgan fingerprint density at radius 1 is 0.462 bits per heavy atom. The van der Waals surface area contributed by atoms with E-state index >= 15 is 0 Å². The molecule has 10 N–H and O–H groups in total. The van der Waals surface area contributed by atoms with Crippen LogP contribution in [0.1, 0.15) is 131 Å². The quantitative estimate of drug-likeness (QED) is 0.0402. The molecule has 2 saturated heterocycles. The van der Waals surface area contributed by atoms with Crippen LogP contribution in [-0.4, -0.2) is 178 Å². The van der Waals surface area contributed by atoms with E-state index in [-0.39, 0.29) is 63.6 Å². The largest absolute Gasteiger partial charge is 0.459 e. The van der Waals surface area contributed by atoms with Crippen molar-refractivity contribution >= 4 is 65.2 Å². The Kier molecular flexibility index (Phi) is 29.2. The van der Waals surface area contributed by atoms with E-state index in [0.717, 1.165) is 5.56 Å². The summed E-state index contributed by atoms with van der Waals surface area (Å²) in [4.78, 5) is 157. The fourth-order valence-electron chi connectivity index (χ4n) is 11.1. The Morgan fingerprint density at radius 2 is 0.817 bits per heavy atom. The van der Waals surface area contributed by atoms with Crippen LogP contribution in [0.25, 0.3) is 0 Å². The first-order valence-electron chi connectivity index (χ1n) is 32.2. The summed E-state index contributed by atoms with van der Waals surface area (Å²) in [5, 5.41) is 42.2. The number of carbonyl (C=O) groups is 11. The zero-order valence-corrected chi connectivity index (χ0v) is 55.5. The fourth-order valence-corrected chi connectivity index (χ4v) is 11.1. The predicted octanol–water partition coefficient (Wildman–Crippen LogP) is 2.87. The summed E-state index contributed by atoms with van der Waals surface area (Å²) in [5.74, 6) is -8.97. The van der Waals surface area contributed by atoms with Gasteiger partial charge >= 0.3 is 12.1 Å². The SMILES string of the molecule is CC(C)C[C@H](NC(=O)[C@H](CO)NC(=O)[C@@H](NC(=O)OC(C)(C)C)C(C)C)C(=O)N[C@H](Cc1ccccc1)C(=O)N1CCC[C@H]1C(=O)N[C@H](C(=O)N[C@@H](CO)C(=O)N[C@@H](CC(C)C)C(=O)N[C@H](Cc1ccccc1)C(=O)N1CCC[C@H]1C(=O)OCc1ccccc1)C(C)C. The van der Waals surface area contributed by atoms with Crippen molar-refractivity contribution in [3.05, 3.63) is 108 Å². The number of carbonyl (C=O) groups excluding carboxylic acids is 11. The summed E-state index contributed by atoms with van der Waals surface area (Å²) in [6.45, 7) is 17.4. The number of hydrogen-bond acceptors (Lipinski definition) is 15. The van der Waals surface area contributed by atoms with Crippen LogP contribution in [0.2, 0.25) is 0 Å². The maximum atomic E-state index is 14.9. The molecule has 0 spiro atoms. The highest BCUT2D eigenvalue weighted by atomic mass is 16.6. The molecule has 3 aromatic rings. The summed E-state index contributed by atoms with van der Waals surface area (Å²) in [6, 6.07) is 14.1. The summed E-state index contributed by atoms with van der Waals surface area (Å²) >= 11 is 0. The standard InChI is InChI=1S/C68H98N10O15/c1-40(2)33-47(70-60(84)52(38-80)74-63(87)56(43(7)8)76-67(91)93-68(9,10)11)57(81)71-49(35-44-23-15-12-16-24-44)64(88)77-31-21-29-53(77)61(85)75-55(42(5)6)62(86)73-51(37-79)59(83)69-48(34-41(3)4)58(82)72-50(36-45-25-17-13-18-26-45)65(89)78-32-22-30-54(78)66(90)92-39-46-27-19-14-20-28-46/h12-20,23-28,40-43,47-56,79-80H,21-22,29-39H2,1-11H3,(H,69,83)(H,70,84)(H,71,81)(H,72,82)(H,73,86)(H,74,87)(H,75,85)(H,76,91)/t47-,48-,49+,50+,51-,52-,53-,54-,55-,56-/m0/s1. The van der Waals surface area contributed by atoms with Crippen molar-refractivity contribution < 1.29 is 72.4 Å². The van der Waals surface area contributed by atoms with Crippen molar-refractivity contribution in [2.75, 3.05) is 26.3 Å². The number of benzene rings is 3. The van der Waals surface area contributed by atoms with Gasteiger partial charge in [0.1, 0.15) is 72.6 Å². The van der Waals surface area contributed by atoms with Gasteiger partial charge in [-0.05, 0) is 99.7 Å². The monoisotopic (exact) mass is 1290 g/mol. The molecule has 0 unspecified atom stereocenters. The molecule has 25 heteroatoms. The van der Waals surface area contributed by atoms with Crippen molar-refractivity contribution in [2.24, 2.45) is 23.7 Å². The average Bonchev–Trinajstić information content (AvgIpc) is 1.78. The van der Waals surface area contributed by atoms with E-state index in [4.69, 9.17) is 9.47 Å². The molecule has 0 aromatic heterocycles. The van der Waals surface area contributed by atoms with Gasteiger partial charge in [-0.15, -0.1) is 0 Å². The van der Waals surface area contributed by atoms with Crippen molar-refractivity contribution in [3.8, 4) is 0 Å². The lowest BCUT2D eigenvalue weighted by Gasteiger charge is -2.32. The lowest BCUT2D eigenvalue weighted by molar-refractivity contribution is -0.155. The van der Waals surface area contributed by atoms with Crippen LogP contribution in [0.3, 0.4) is 0 Å². The molecule has 10 amide bonds. The Labute approximate surface area is 545 Å². The van der Waals surface area contributed by atoms with Crippen LogP contribution < -0.4 is 42.5 Å². The van der Waals surface area contributed by atoms with E-state index in [1.165, 1.54) is 9.80 Å². The number of nitrogens with zero attached hydrogens (tertiary/aromatic N) is 2. The molecule has 25 nitrogen and oxygen atoms in total. The highest BCUT2D eigenvalue weighted by Gasteiger charge is 2.43. The first-order chi connectivity index (χ1) is 44.0. The van der Waals surface area contributed by atoms with Gasteiger partial charge in [-0.3, -0.25) is 43.2 Å². The van der Waals surface area contributed by atoms with Crippen LogP contribution in [-0.2, 0) is 76.9 Å². The second-order valence-electron chi connectivity index (χ2n) is 26.4. The molecule has 2 aliphatic heterocycles. The summed E-state index contributed by atoms with van der Waals surface area (Å²) in [7, 11) is 0. The molecule has 2 heterocycles. The summed E-state index contributed by atoms with van der Waals surface area (Å²) < 4.78 is 11.0. The molecule has 510 valence electrons.